The van der Waals surface area contributed by atoms with E-state index < -0.39 is 5.97 Å². The molecule has 1 atom stereocenters. The molecule has 4 heteroatoms. The molecule has 1 N–H and O–H groups in total. The van der Waals surface area contributed by atoms with Gasteiger partial charge in [0.05, 0.1) is 0 Å². The summed E-state index contributed by atoms with van der Waals surface area (Å²) in [5, 5.41) is 10.2. The molecule has 1 aliphatic rings. The lowest BCUT2D eigenvalue weighted by Crippen LogP contribution is -2.35. The highest BCUT2D eigenvalue weighted by Gasteiger charge is 2.25. The van der Waals surface area contributed by atoms with Gasteiger partial charge in [-0.05, 0) is 56.3 Å². The molecule has 112 valence electrons. The molecule has 2 heterocycles. The third kappa shape index (κ3) is 3.27. The minimum absolute atomic E-state index is 0.325. The monoisotopic (exact) mass is 303 g/mol. The van der Waals surface area contributed by atoms with Gasteiger partial charge < -0.3 is 5.11 Å². The summed E-state index contributed by atoms with van der Waals surface area (Å²) in [6.45, 7) is 4.28. The molecule has 3 nitrogen and oxygen atoms in total. The van der Waals surface area contributed by atoms with Crippen molar-refractivity contribution >= 4 is 27.4 Å². The third-order valence-electron chi connectivity index (χ3n) is 4.52. The van der Waals surface area contributed by atoms with E-state index in [0.717, 1.165) is 25.9 Å². The van der Waals surface area contributed by atoms with Crippen molar-refractivity contribution in [2.75, 3.05) is 13.1 Å². The van der Waals surface area contributed by atoms with Crippen LogP contribution in [0.4, 0.5) is 0 Å². The van der Waals surface area contributed by atoms with E-state index in [0.29, 0.717) is 18.4 Å². The smallest absolute Gasteiger partial charge is 0.303 e. The lowest BCUT2D eigenvalue weighted by molar-refractivity contribution is -0.138. The van der Waals surface area contributed by atoms with Gasteiger partial charge >= 0.3 is 5.97 Å². The van der Waals surface area contributed by atoms with Crippen LogP contribution in [0.2, 0.25) is 0 Å². The lowest BCUT2D eigenvalue weighted by Gasteiger charge is -2.35. The van der Waals surface area contributed by atoms with E-state index in [2.05, 4.69) is 42.2 Å². The number of benzene rings is 1. The molecule has 2 aromatic rings. The maximum Gasteiger partial charge on any atom is 0.303 e. The van der Waals surface area contributed by atoms with Gasteiger partial charge in [-0.2, -0.15) is 0 Å². The Hall–Kier alpha value is -1.39. The van der Waals surface area contributed by atoms with Crippen LogP contribution in [0.5, 0.6) is 0 Å². The Kier molecular flexibility index (Phi) is 4.27. The largest absolute Gasteiger partial charge is 0.481 e. The normalized spacial score (nSPS) is 18.9. The van der Waals surface area contributed by atoms with Gasteiger partial charge in [-0.1, -0.05) is 18.2 Å². The van der Waals surface area contributed by atoms with E-state index in [9.17, 15) is 4.79 Å². The molecule has 0 bridgehead atoms. The van der Waals surface area contributed by atoms with E-state index in [1.54, 1.807) is 0 Å². The van der Waals surface area contributed by atoms with Crippen LogP contribution in [0.25, 0.3) is 10.1 Å². The van der Waals surface area contributed by atoms with E-state index >= 15 is 0 Å². The van der Waals surface area contributed by atoms with E-state index in [4.69, 9.17) is 5.11 Å². The second kappa shape index (κ2) is 6.16. The van der Waals surface area contributed by atoms with Crippen molar-refractivity contribution in [3.63, 3.8) is 0 Å². The van der Waals surface area contributed by atoms with Crippen LogP contribution < -0.4 is 0 Å². The summed E-state index contributed by atoms with van der Waals surface area (Å²) in [6, 6.07) is 11.2. The second-order valence-corrected chi connectivity index (χ2v) is 7.06. The molecule has 1 aromatic heterocycles. The van der Waals surface area contributed by atoms with Crippen LogP contribution in [-0.2, 0) is 4.79 Å². The molecular weight excluding hydrogens is 282 g/mol. The quantitative estimate of drug-likeness (QED) is 0.922. The number of nitrogens with zero attached hydrogens (tertiary/aromatic N) is 1. The van der Waals surface area contributed by atoms with Crippen LogP contribution in [-0.4, -0.2) is 29.1 Å². The maximum atomic E-state index is 10.8. The summed E-state index contributed by atoms with van der Waals surface area (Å²) < 4.78 is 1.35. The Morgan fingerprint density at radius 3 is 2.76 bits per heavy atom. The molecule has 0 amide bonds. The summed E-state index contributed by atoms with van der Waals surface area (Å²) in [7, 11) is 0. The number of carboxylic acids is 1. The number of likely N-dealkylation sites (tertiary alicyclic amines) is 1. The van der Waals surface area contributed by atoms with E-state index in [1.165, 1.54) is 15.0 Å². The first kappa shape index (κ1) is 14.5. The number of fused-ring (bicyclic) bond motifs is 1. The molecule has 1 unspecified atom stereocenters. The molecular formula is C17H21NO2S. The van der Waals surface area contributed by atoms with Crippen LogP contribution >= 0.6 is 11.3 Å². The third-order valence-corrected chi connectivity index (χ3v) is 5.80. The van der Waals surface area contributed by atoms with Crippen LogP contribution in [0.15, 0.2) is 30.3 Å². The second-order valence-electron chi connectivity index (χ2n) is 5.94. The van der Waals surface area contributed by atoms with Gasteiger partial charge in [0.1, 0.15) is 0 Å². The Bertz CT molecular complexity index is 596. The predicted octanol–water partition coefficient (Wildman–Crippen LogP) is 4.15. The Balaban J connectivity index is 1.66. The van der Waals surface area contributed by atoms with Crippen LogP contribution in [0.1, 0.15) is 37.1 Å². The summed E-state index contributed by atoms with van der Waals surface area (Å²) in [5.74, 6) is -0.306. The molecule has 1 aromatic carbocycles. The molecule has 0 saturated carbocycles. The molecule has 1 fully saturated rings. The number of piperidine rings is 1. The minimum Gasteiger partial charge on any atom is -0.481 e. The average Bonchev–Trinajstić information content (AvgIpc) is 2.90. The molecule has 0 spiro atoms. The van der Waals surface area contributed by atoms with E-state index in [-0.39, 0.29) is 0 Å². The number of rotatable bonds is 4. The number of hydrogen-bond acceptors (Lipinski definition) is 3. The summed E-state index contributed by atoms with van der Waals surface area (Å²) in [4.78, 5) is 14.7. The topological polar surface area (TPSA) is 40.5 Å². The fraction of sp³-hybridized carbons (Fsp3) is 0.471. The maximum absolute atomic E-state index is 10.8. The number of carbonyl (C=O) groups is 1. The van der Waals surface area contributed by atoms with Gasteiger partial charge in [0.25, 0.3) is 0 Å². The lowest BCUT2D eigenvalue weighted by atomic mass is 9.93. The standard InChI is InChI=1S/C17H21NO2S/c1-12(16-11-14-4-2-3-5-15(14)21-16)18-8-6-13(7-9-18)10-17(19)20/h2-5,11-13H,6-10H2,1H3,(H,19,20). The summed E-state index contributed by atoms with van der Waals surface area (Å²) in [5.41, 5.74) is 0. The Morgan fingerprint density at radius 1 is 1.38 bits per heavy atom. The van der Waals surface area contributed by atoms with Gasteiger partial charge in [-0.3, -0.25) is 9.69 Å². The highest BCUT2D eigenvalue weighted by atomic mass is 32.1. The Labute approximate surface area is 129 Å². The zero-order chi connectivity index (χ0) is 14.8. The van der Waals surface area contributed by atoms with Crippen LogP contribution in [0.3, 0.4) is 0 Å². The first-order valence-electron chi connectivity index (χ1n) is 7.58. The van der Waals surface area contributed by atoms with Gasteiger partial charge in [0.2, 0.25) is 0 Å². The first-order chi connectivity index (χ1) is 10.1. The molecule has 21 heavy (non-hydrogen) atoms. The molecule has 3 rings (SSSR count). The number of hydrogen-bond donors (Lipinski definition) is 1. The number of thiophene rings is 1. The van der Waals surface area contributed by atoms with Gasteiger partial charge in [-0.25, -0.2) is 0 Å². The molecule has 0 radical (unpaired) electrons. The minimum atomic E-state index is -0.661. The van der Waals surface area contributed by atoms with Gasteiger partial charge in [0.15, 0.2) is 0 Å². The zero-order valence-corrected chi connectivity index (χ0v) is 13.1. The highest BCUT2D eigenvalue weighted by Crippen LogP contribution is 2.34. The fourth-order valence-electron chi connectivity index (χ4n) is 3.18. The van der Waals surface area contributed by atoms with E-state index in [1.807, 2.05) is 11.3 Å². The van der Waals surface area contributed by atoms with Gasteiger partial charge in [-0.15, -0.1) is 11.3 Å². The summed E-state index contributed by atoms with van der Waals surface area (Å²) >= 11 is 1.87. The van der Waals surface area contributed by atoms with Gasteiger partial charge in [0, 0.05) is 22.0 Å². The SMILES string of the molecule is CC(c1cc2ccccc2s1)N1CCC(CC(=O)O)CC1. The Morgan fingerprint density at radius 2 is 2.10 bits per heavy atom. The number of carboxylic acid groups (broad SMARTS) is 1. The van der Waals surface area contributed by atoms with Crippen molar-refractivity contribution in [1.29, 1.82) is 0 Å². The molecule has 1 saturated heterocycles. The van der Waals surface area contributed by atoms with Crippen molar-refractivity contribution < 1.29 is 9.90 Å². The van der Waals surface area contributed by atoms with Crippen molar-refractivity contribution in [2.24, 2.45) is 5.92 Å². The average molecular weight is 303 g/mol. The van der Waals surface area contributed by atoms with Crippen molar-refractivity contribution in [3.8, 4) is 0 Å². The first-order valence-corrected chi connectivity index (χ1v) is 8.39. The fourth-order valence-corrected chi connectivity index (χ4v) is 4.33. The molecule has 1 aliphatic heterocycles. The molecule has 0 aliphatic carbocycles. The van der Waals surface area contributed by atoms with Crippen LogP contribution in [0, 0.1) is 5.92 Å². The predicted molar refractivity (Wildman–Crippen MR) is 86.8 cm³/mol. The number of aliphatic carboxylic acids is 1. The van der Waals surface area contributed by atoms with Crippen molar-refractivity contribution in [3.05, 3.63) is 35.2 Å². The van der Waals surface area contributed by atoms with Crippen molar-refractivity contribution in [2.45, 2.75) is 32.2 Å². The summed E-state index contributed by atoms with van der Waals surface area (Å²) in [6.07, 6.45) is 2.33. The zero-order valence-electron chi connectivity index (χ0n) is 12.3. The van der Waals surface area contributed by atoms with Crippen molar-refractivity contribution in [1.82, 2.24) is 4.90 Å². The highest BCUT2D eigenvalue weighted by molar-refractivity contribution is 7.19.